The molecule has 2 saturated heterocycles. The molecule has 4 rings (SSSR count). The summed E-state index contributed by atoms with van der Waals surface area (Å²) in [4.78, 5) is 19.2. The van der Waals surface area contributed by atoms with Crippen LogP contribution in [0, 0.1) is 11.7 Å². The van der Waals surface area contributed by atoms with E-state index < -0.39 is 17.6 Å². The minimum atomic E-state index is -4.59. The van der Waals surface area contributed by atoms with Crippen LogP contribution >= 0.6 is 0 Å². The van der Waals surface area contributed by atoms with Crippen molar-refractivity contribution < 1.29 is 22.4 Å². The van der Waals surface area contributed by atoms with Gasteiger partial charge in [-0.1, -0.05) is 13.3 Å². The maximum atomic E-state index is 14.4. The van der Waals surface area contributed by atoms with Gasteiger partial charge in [-0.25, -0.2) is 4.39 Å². The molecule has 1 unspecified atom stereocenters. The summed E-state index contributed by atoms with van der Waals surface area (Å²) >= 11 is 0. The molecule has 2 aromatic rings. The fourth-order valence-electron chi connectivity index (χ4n) is 4.78. The first-order valence-corrected chi connectivity index (χ1v) is 11.7. The van der Waals surface area contributed by atoms with E-state index >= 15 is 0 Å². The Kier molecular flexibility index (Phi) is 6.91. The number of piperazine rings is 1. The first-order chi connectivity index (χ1) is 16.2. The Morgan fingerprint density at radius 1 is 1.00 bits per heavy atom. The lowest BCUT2D eigenvalue weighted by Gasteiger charge is -2.37. The first kappa shape index (κ1) is 24.2. The van der Waals surface area contributed by atoms with Gasteiger partial charge in [0.15, 0.2) is 0 Å². The van der Waals surface area contributed by atoms with Crippen molar-refractivity contribution in [3.8, 4) is 0 Å². The lowest BCUT2D eigenvalue weighted by Crippen LogP contribution is -2.49. The van der Waals surface area contributed by atoms with Gasteiger partial charge in [-0.2, -0.15) is 13.2 Å². The smallest absolute Gasteiger partial charge is 0.388 e. The normalized spacial score (nSPS) is 19.0. The molecule has 2 aromatic carbocycles. The molecule has 2 aliphatic heterocycles. The SMILES string of the molecule is CCC1CCN(c2ccc(NC)cc2C(=O)N2CCN(c3ccc(C(F)(F)F)cc3F)CC2)C1. The van der Waals surface area contributed by atoms with E-state index in [2.05, 4.69) is 17.1 Å². The Labute approximate surface area is 197 Å². The van der Waals surface area contributed by atoms with Crippen LogP contribution in [0.25, 0.3) is 0 Å². The molecule has 9 heteroatoms. The molecule has 34 heavy (non-hydrogen) atoms. The molecule has 0 aliphatic carbocycles. The van der Waals surface area contributed by atoms with Gasteiger partial charge in [-0.15, -0.1) is 0 Å². The molecule has 0 aromatic heterocycles. The zero-order chi connectivity index (χ0) is 24.5. The van der Waals surface area contributed by atoms with Gasteiger partial charge in [-0.3, -0.25) is 4.79 Å². The lowest BCUT2D eigenvalue weighted by molar-refractivity contribution is -0.137. The van der Waals surface area contributed by atoms with Crippen LogP contribution in [-0.4, -0.2) is 57.1 Å². The van der Waals surface area contributed by atoms with Crippen LogP contribution in [0.4, 0.5) is 34.6 Å². The van der Waals surface area contributed by atoms with Crippen molar-refractivity contribution in [1.29, 1.82) is 0 Å². The number of benzene rings is 2. The van der Waals surface area contributed by atoms with Gasteiger partial charge in [-0.05, 0) is 48.7 Å². The molecule has 5 nitrogen and oxygen atoms in total. The highest BCUT2D eigenvalue weighted by Crippen LogP contribution is 2.34. The maximum Gasteiger partial charge on any atom is 0.416 e. The van der Waals surface area contributed by atoms with Gasteiger partial charge in [0, 0.05) is 57.7 Å². The van der Waals surface area contributed by atoms with Crippen molar-refractivity contribution in [2.75, 3.05) is 61.4 Å². The average Bonchev–Trinajstić information content (AvgIpc) is 3.32. The maximum absolute atomic E-state index is 14.4. The van der Waals surface area contributed by atoms with Crippen LogP contribution in [0.15, 0.2) is 36.4 Å². The molecule has 0 bridgehead atoms. The fourth-order valence-corrected chi connectivity index (χ4v) is 4.78. The molecule has 1 N–H and O–H groups in total. The minimum absolute atomic E-state index is 0.0837. The molecule has 1 atom stereocenters. The second kappa shape index (κ2) is 9.72. The van der Waals surface area contributed by atoms with Crippen LogP contribution in [-0.2, 0) is 6.18 Å². The van der Waals surface area contributed by atoms with E-state index in [0.717, 1.165) is 43.4 Å². The van der Waals surface area contributed by atoms with Crippen LogP contribution < -0.4 is 15.1 Å². The van der Waals surface area contributed by atoms with E-state index in [1.165, 1.54) is 6.07 Å². The Hall–Kier alpha value is -2.97. The zero-order valence-corrected chi connectivity index (χ0v) is 19.5. The predicted octanol–water partition coefficient (Wildman–Crippen LogP) is 5.08. The van der Waals surface area contributed by atoms with Gasteiger partial charge in [0.1, 0.15) is 5.82 Å². The predicted molar refractivity (Wildman–Crippen MR) is 126 cm³/mol. The van der Waals surface area contributed by atoms with Gasteiger partial charge in [0.2, 0.25) is 0 Å². The van der Waals surface area contributed by atoms with E-state index in [0.29, 0.717) is 43.7 Å². The number of nitrogens with zero attached hydrogens (tertiary/aromatic N) is 3. The summed E-state index contributed by atoms with van der Waals surface area (Å²) < 4.78 is 53.0. The van der Waals surface area contributed by atoms with E-state index in [-0.39, 0.29) is 11.6 Å². The Morgan fingerprint density at radius 3 is 2.29 bits per heavy atom. The van der Waals surface area contributed by atoms with E-state index in [1.807, 2.05) is 25.2 Å². The number of alkyl halides is 3. The Morgan fingerprint density at radius 2 is 1.71 bits per heavy atom. The highest BCUT2D eigenvalue weighted by atomic mass is 19.4. The standard InChI is InChI=1S/C25H30F4N4O/c1-3-17-8-9-33(16-17)22-7-5-19(30-2)15-20(22)24(34)32-12-10-31(11-13-32)23-6-4-18(14-21(23)26)25(27,28)29/h4-7,14-15,17,30H,3,8-13,16H2,1-2H3. The van der Waals surface area contributed by atoms with Crippen LogP contribution in [0.2, 0.25) is 0 Å². The van der Waals surface area contributed by atoms with Crippen LogP contribution in [0.5, 0.6) is 0 Å². The quantitative estimate of drug-likeness (QED) is 0.608. The summed E-state index contributed by atoms with van der Waals surface area (Å²) in [5.41, 5.74) is 1.53. The second-order valence-corrected chi connectivity index (χ2v) is 8.93. The third-order valence-electron chi connectivity index (χ3n) is 6.90. The van der Waals surface area contributed by atoms with E-state index in [9.17, 15) is 22.4 Å². The number of rotatable bonds is 5. The minimum Gasteiger partial charge on any atom is -0.388 e. The lowest BCUT2D eigenvalue weighted by atomic mass is 10.1. The van der Waals surface area contributed by atoms with Gasteiger partial charge in [0.05, 0.1) is 16.8 Å². The summed E-state index contributed by atoms with van der Waals surface area (Å²) in [7, 11) is 1.81. The first-order valence-electron chi connectivity index (χ1n) is 11.7. The fraction of sp³-hybridized carbons (Fsp3) is 0.480. The molecule has 0 spiro atoms. The molecule has 184 valence electrons. The molecule has 1 amide bonds. The monoisotopic (exact) mass is 478 g/mol. The van der Waals surface area contributed by atoms with Gasteiger partial charge in [0.25, 0.3) is 5.91 Å². The number of hydrogen-bond acceptors (Lipinski definition) is 4. The second-order valence-electron chi connectivity index (χ2n) is 8.93. The molecule has 0 saturated carbocycles. The summed E-state index contributed by atoms with van der Waals surface area (Å²) in [6, 6.07) is 8.43. The Balaban J connectivity index is 1.49. The number of amides is 1. The van der Waals surface area contributed by atoms with Crippen molar-refractivity contribution in [1.82, 2.24) is 4.90 Å². The summed E-state index contributed by atoms with van der Waals surface area (Å²) in [6.07, 6.45) is -2.37. The third kappa shape index (κ3) is 4.93. The Bertz CT molecular complexity index is 1030. The number of halogens is 4. The van der Waals surface area contributed by atoms with Crippen molar-refractivity contribution in [3.63, 3.8) is 0 Å². The van der Waals surface area contributed by atoms with Crippen molar-refractivity contribution in [2.45, 2.75) is 25.9 Å². The molecule has 2 heterocycles. The van der Waals surface area contributed by atoms with E-state index in [1.54, 1.807) is 9.80 Å². The van der Waals surface area contributed by atoms with Crippen molar-refractivity contribution in [2.24, 2.45) is 5.92 Å². The van der Waals surface area contributed by atoms with Crippen LogP contribution in [0.3, 0.4) is 0 Å². The highest BCUT2D eigenvalue weighted by Gasteiger charge is 2.33. The largest absolute Gasteiger partial charge is 0.416 e. The topological polar surface area (TPSA) is 38.8 Å². The van der Waals surface area contributed by atoms with Crippen LogP contribution in [0.1, 0.15) is 35.7 Å². The molecular weight excluding hydrogens is 448 g/mol. The number of carbonyl (C=O) groups is 1. The molecule has 2 fully saturated rings. The number of hydrogen-bond donors (Lipinski definition) is 1. The van der Waals surface area contributed by atoms with Crippen molar-refractivity contribution >= 4 is 23.0 Å². The number of carbonyl (C=O) groups excluding carboxylic acids is 1. The van der Waals surface area contributed by atoms with E-state index in [4.69, 9.17) is 0 Å². The highest BCUT2D eigenvalue weighted by molar-refractivity contribution is 6.01. The zero-order valence-electron chi connectivity index (χ0n) is 19.5. The number of anilines is 3. The van der Waals surface area contributed by atoms with Gasteiger partial charge < -0.3 is 20.0 Å². The van der Waals surface area contributed by atoms with Gasteiger partial charge >= 0.3 is 6.18 Å². The average molecular weight is 479 g/mol. The number of nitrogens with one attached hydrogen (secondary N) is 1. The summed E-state index contributed by atoms with van der Waals surface area (Å²) in [5, 5.41) is 3.09. The molecular formula is C25H30F4N4O. The molecule has 0 radical (unpaired) electrons. The summed E-state index contributed by atoms with van der Waals surface area (Å²) in [5.74, 6) is -0.369. The summed E-state index contributed by atoms with van der Waals surface area (Å²) in [6.45, 7) is 5.44. The third-order valence-corrected chi connectivity index (χ3v) is 6.90. The molecule has 2 aliphatic rings. The van der Waals surface area contributed by atoms with Crippen molar-refractivity contribution in [3.05, 3.63) is 53.3 Å².